The highest BCUT2D eigenvalue weighted by atomic mass is 35.5. The minimum Gasteiger partial charge on any atom is -0.340 e. The maximum absolute atomic E-state index is 5.96. The van der Waals surface area contributed by atoms with E-state index < -0.39 is 0 Å². The second kappa shape index (κ2) is 7.59. The summed E-state index contributed by atoms with van der Waals surface area (Å²) in [7, 11) is 0. The number of nitrogens with one attached hydrogen (secondary N) is 1. The number of nitrogens with zero attached hydrogens (tertiary/aromatic N) is 1. The lowest BCUT2D eigenvalue weighted by molar-refractivity contribution is 1.30. The summed E-state index contributed by atoms with van der Waals surface area (Å²) in [6, 6.07) is 8.94. The molecule has 5 heteroatoms. The van der Waals surface area contributed by atoms with Crippen molar-refractivity contribution in [3.05, 3.63) is 51.1 Å². The third-order valence-corrected chi connectivity index (χ3v) is 3.18. The summed E-state index contributed by atoms with van der Waals surface area (Å²) in [5.74, 6) is 0.666. The Bertz CT molecular complexity index is 556. The normalized spacial score (nSPS) is 9.58. The van der Waals surface area contributed by atoms with Gasteiger partial charge in [-0.3, -0.25) is 0 Å². The van der Waals surface area contributed by atoms with E-state index in [0.717, 1.165) is 11.3 Å². The summed E-state index contributed by atoms with van der Waals surface area (Å²) in [4.78, 5) is 4.14. The van der Waals surface area contributed by atoms with Gasteiger partial charge in [0.15, 0.2) is 0 Å². The Kier molecular flexibility index (Phi) is 6.43. The van der Waals surface area contributed by atoms with E-state index in [-0.39, 0.29) is 0 Å². The van der Waals surface area contributed by atoms with Crippen molar-refractivity contribution in [1.82, 2.24) is 4.98 Å². The topological polar surface area (TPSA) is 24.9 Å². The standard InChI is InChI=1S/C12H9Cl3N2.C2H6/c1-7-5-8(13)9(14)6-10(7)16-12-4-2-3-11(15)17-12;1-2/h2-6H,1H3,(H,16,17);1-2H3. The molecule has 1 N–H and O–H groups in total. The molecule has 19 heavy (non-hydrogen) atoms. The Hall–Kier alpha value is -0.960. The van der Waals surface area contributed by atoms with Crippen molar-refractivity contribution in [3.8, 4) is 0 Å². The van der Waals surface area contributed by atoms with E-state index >= 15 is 0 Å². The molecule has 0 aliphatic rings. The molecular weight excluding hydrogens is 303 g/mol. The molecular formula is C14H15Cl3N2. The molecule has 0 saturated heterocycles. The molecule has 1 heterocycles. The van der Waals surface area contributed by atoms with Crippen molar-refractivity contribution >= 4 is 46.3 Å². The zero-order valence-electron chi connectivity index (χ0n) is 11.0. The van der Waals surface area contributed by atoms with Crippen LogP contribution in [0.25, 0.3) is 0 Å². The van der Waals surface area contributed by atoms with Crippen LogP contribution < -0.4 is 5.32 Å². The SMILES string of the molecule is CC.Cc1cc(Cl)c(Cl)cc1Nc1cccc(Cl)n1. The van der Waals surface area contributed by atoms with Gasteiger partial charge in [0.1, 0.15) is 11.0 Å². The quantitative estimate of drug-likeness (QED) is 0.675. The molecule has 1 aromatic carbocycles. The first-order valence-electron chi connectivity index (χ1n) is 5.91. The van der Waals surface area contributed by atoms with Crippen LogP contribution >= 0.6 is 34.8 Å². The third kappa shape index (κ3) is 4.57. The van der Waals surface area contributed by atoms with E-state index in [1.165, 1.54) is 0 Å². The van der Waals surface area contributed by atoms with Gasteiger partial charge < -0.3 is 5.32 Å². The zero-order chi connectivity index (χ0) is 14.4. The Labute approximate surface area is 128 Å². The van der Waals surface area contributed by atoms with Gasteiger partial charge in [0, 0.05) is 5.69 Å². The van der Waals surface area contributed by atoms with E-state index in [4.69, 9.17) is 34.8 Å². The van der Waals surface area contributed by atoms with Gasteiger partial charge in [-0.15, -0.1) is 0 Å². The van der Waals surface area contributed by atoms with Gasteiger partial charge in [-0.25, -0.2) is 4.98 Å². The minimum absolute atomic E-state index is 0.438. The molecule has 0 bridgehead atoms. The fraction of sp³-hybridized carbons (Fsp3) is 0.214. The number of hydrogen-bond donors (Lipinski definition) is 1. The van der Waals surface area contributed by atoms with Crippen LogP contribution in [0, 0.1) is 6.92 Å². The van der Waals surface area contributed by atoms with Crippen LogP contribution in [0.1, 0.15) is 19.4 Å². The molecule has 0 atom stereocenters. The highest BCUT2D eigenvalue weighted by molar-refractivity contribution is 6.42. The predicted octanol–water partition coefficient (Wildman–Crippen LogP) is 6.12. The lowest BCUT2D eigenvalue weighted by atomic mass is 10.2. The molecule has 0 aliphatic carbocycles. The number of aromatic nitrogens is 1. The number of aryl methyl sites for hydroxylation is 1. The molecule has 1 aromatic heterocycles. The van der Waals surface area contributed by atoms with Gasteiger partial charge in [-0.2, -0.15) is 0 Å². The average Bonchev–Trinajstić information content (AvgIpc) is 2.38. The van der Waals surface area contributed by atoms with Gasteiger partial charge in [-0.05, 0) is 36.8 Å². The van der Waals surface area contributed by atoms with Gasteiger partial charge in [0.2, 0.25) is 0 Å². The monoisotopic (exact) mass is 316 g/mol. The lowest BCUT2D eigenvalue weighted by Crippen LogP contribution is -1.95. The highest BCUT2D eigenvalue weighted by Crippen LogP contribution is 2.30. The second-order valence-corrected chi connectivity index (χ2v) is 4.75. The largest absolute Gasteiger partial charge is 0.340 e. The highest BCUT2D eigenvalue weighted by Gasteiger charge is 2.05. The fourth-order valence-electron chi connectivity index (χ4n) is 1.40. The molecule has 0 amide bonds. The first-order chi connectivity index (χ1) is 9.06. The molecule has 0 spiro atoms. The van der Waals surface area contributed by atoms with Crippen molar-refractivity contribution in [1.29, 1.82) is 0 Å². The van der Waals surface area contributed by atoms with Crippen LogP contribution in [0.15, 0.2) is 30.3 Å². The molecule has 102 valence electrons. The van der Waals surface area contributed by atoms with Gasteiger partial charge >= 0.3 is 0 Å². The third-order valence-electron chi connectivity index (χ3n) is 2.25. The van der Waals surface area contributed by atoms with Gasteiger partial charge in [0.25, 0.3) is 0 Å². The first-order valence-corrected chi connectivity index (χ1v) is 7.05. The van der Waals surface area contributed by atoms with Gasteiger partial charge in [0.05, 0.1) is 10.0 Å². The molecule has 2 nitrogen and oxygen atoms in total. The number of rotatable bonds is 2. The summed E-state index contributed by atoms with van der Waals surface area (Å²) in [5.41, 5.74) is 1.84. The number of hydrogen-bond acceptors (Lipinski definition) is 2. The number of anilines is 2. The Morgan fingerprint density at radius 1 is 1.00 bits per heavy atom. The van der Waals surface area contributed by atoms with Crippen molar-refractivity contribution < 1.29 is 0 Å². The summed E-state index contributed by atoms with van der Waals surface area (Å²) >= 11 is 17.7. The maximum atomic E-state index is 5.96. The van der Waals surface area contributed by atoms with Crippen molar-refractivity contribution in [2.45, 2.75) is 20.8 Å². The Morgan fingerprint density at radius 3 is 2.26 bits per heavy atom. The summed E-state index contributed by atoms with van der Waals surface area (Å²) in [6.45, 7) is 5.94. The van der Waals surface area contributed by atoms with E-state index in [1.807, 2.05) is 32.9 Å². The number of pyridine rings is 1. The van der Waals surface area contributed by atoms with Crippen LogP contribution in [0.4, 0.5) is 11.5 Å². The molecule has 0 fully saturated rings. The van der Waals surface area contributed by atoms with Crippen LogP contribution in [0.3, 0.4) is 0 Å². The van der Waals surface area contributed by atoms with Crippen LogP contribution in [-0.2, 0) is 0 Å². The van der Waals surface area contributed by atoms with Crippen molar-refractivity contribution in [3.63, 3.8) is 0 Å². The summed E-state index contributed by atoms with van der Waals surface area (Å²) < 4.78 is 0. The predicted molar refractivity (Wildman–Crippen MR) is 85.1 cm³/mol. The Morgan fingerprint density at radius 2 is 1.63 bits per heavy atom. The van der Waals surface area contributed by atoms with Crippen LogP contribution in [-0.4, -0.2) is 4.98 Å². The first kappa shape index (κ1) is 16.1. The summed E-state index contributed by atoms with van der Waals surface area (Å²) in [5, 5.41) is 4.62. The minimum atomic E-state index is 0.438. The smallest absolute Gasteiger partial charge is 0.132 e. The fourth-order valence-corrected chi connectivity index (χ4v) is 1.94. The molecule has 0 aliphatic heterocycles. The average molecular weight is 318 g/mol. The van der Waals surface area contributed by atoms with E-state index in [9.17, 15) is 0 Å². The summed E-state index contributed by atoms with van der Waals surface area (Å²) in [6.07, 6.45) is 0. The van der Waals surface area contributed by atoms with E-state index in [1.54, 1.807) is 18.2 Å². The van der Waals surface area contributed by atoms with Crippen LogP contribution in [0.5, 0.6) is 0 Å². The maximum Gasteiger partial charge on any atom is 0.132 e. The molecule has 2 aromatic rings. The van der Waals surface area contributed by atoms with Crippen molar-refractivity contribution in [2.24, 2.45) is 0 Å². The lowest BCUT2D eigenvalue weighted by Gasteiger charge is -2.10. The van der Waals surface area contributed by atoms with E-state index in [0.29, 0.717) is 21.0 Å². The molecule has 0 unspecified atom stereocenters. The van der Waals surface area contributed by atoms with Crippen molar-refractivity contribution in [2.75, 3.05) is 5.32 Å². The number of halogens is 3. The molecule has 2 rings (SSSR count). The Balaban J connectivity index is 0.000000861. The van der Waals surface area contributed by atoms with Crippen LogP contribution in [0.2, 0.25) is 15.2 Å². The second-order valence-electron chi connectivity index (χ2n) is 3.55. The van der Waals surface area contributed by atoms with Gasteiger partial charge in [-0.1, -0.05) is 54.7 Å². The van der Waals surface area contributed by atoms with E-state index in [2.05, 4.69) is 10.3 Å². The molecule has 0 radical (unpaired) electrons. The number of benzene rings is 1. The zero-order valence-corrected chi connectivity index (χ0v) is 13.2. The molecule has 0 saturated carbocycles.